The van der Waals surface area contributed by atoms with Crippen LogP contribution >= 0.6 is 0 Å². The zero-order chi connectivity index (χ0) is 14.7. The van der Waals surface area contributed by atoms with Crippen molar-refractivity contribution < 1.29 is 14.8 Å². The van der Waals surface area contributed by atoms with E-state index in [1.54, 1.807) is 12.1 Å². The van der Waals surface area contributed by atoms with E-state index in [2.05, 4.69) is 11.8 Å². The van der Waals surface area contributed by atoms with Gasteiger partial charge in [0.05, 0.1) is 10.5 Å². The van der Waals surface area contributed by atoms with Crippen LogP contribution in [0.4, 0.5) is 11.4 Å². The Labute approximate surface area is 116 Å². The summed E-state index contributed by atoms with van der Waals surface area (Å²) in [6, 6.07) is 5.23. The van der Waals surface area contributed by atoms with Gasteiger partial charge in [-0.15, -0.1) is 0 Å². The van der Waals surface area contributed by atoms with E-state index in [1.807, 2.05) is 0 Å². The molecule has 0 saturated carbocycles. The number of rotatable bonds is 4. The van der Waals surface area contributed by atoms with Gasteiger partial charge in [0.2, 0.25) is 0 Å². The summed E-state index contributed by atoms with van der Waals surface area (Å²) >= 11 is 0. The summed E-state index contributed by atoms with van der Waals surface area (Å²) < 4.78 is 0. The molecule has 0 spiro atoms. The molecule has 1 aliphatic heterocycles. The molecule has 20 heavy (non-hydrogen) atoms. The Hall–Kier alpha value is -2.37. The second-order valence-corrected chi connectivity index (χ2v) is 4.86. The van der Waals surface area contributed by atoms with Crippen molar-refractivity contribution in [2.75, 3.05) is 11.4 Å². The SMILES string of the molecule is CC1CCCN1c1ccc([N+](=O)[O-])c(/C=C/C(=O)O)c1. The number of benzene rings is 1. The van der Waals surface area contributed by atoms with Gasteiger partial charge in [-0.2, -0.15) is 0 Å². The van der Waals surface area contributed by atoms with E-state index >= 15 is 0 Å². The number of aliphatic carboxylic acids is 1. The van der Waals surface area contributed by atoms with Crippen molar-refractivity contribution in [3.05, 3.63) is 40.0 Å². The first-order valence-corrected chi connectivity index (χ1v) is 6.45. The molecule has 0 radical (unpaired) electrons. The fourth-order valence-corrected chi connectivity index (χ4v) is 2.50. The molecule has 106 valence electrons. The van der Waals surface area contributed by atoms with Crippen molar-refractivity contribution in [3.63, 3.8) is 0 Å². The van der Waals surface area contributed by atoms with Gasteiger partial charge in [0.25, 0.3) is 5.69 Å². The maximum Gasteiger partial charge on any atom is 0.328 e. The van der Waals surface area contributed by atoms with Crippen LogP contribution in [0.5, 0.6) is 0 Å². The lowest BCUT2D eigenvalue weighted by atomic mass is 10.1. The molecule has 1 aliphatic rings. The Balaban J connectivity index is 2.39. The highest BCUT2D eigenvalue weighted by molar-refractivity contribution is 5.86. The first kappa shape index (κ1) is 14.0. The number of hydrogen-bond acceptors (Lipinski definition) is 4. The monoisotopic (exact) mass is 276 g/mol. The van der Waals surface area contributed by atoms with Gasteiger partial charge in [-0.05, 0) is 38.0 Å². The third kappa shape index (κ3) is 2.96. The van der Waals surface area contributed by atoms with Crippen molar-refractivity contribution in [1.29, 1.82) is 0 Å². The van der Waals surface area contributed by atoms with Gasteiger partial charge in [-0.1, -0.05) is 0 Å². The smallest absolute Gasteiger partial charge is 0.328 e. The summed E-state index contributed by atoms with van der Waals surface area (Å²) in [5.41, 5.74) is 1.12. The van der Waals surface area contributed by atoms with Crippen LogP contribution in [0.25, 0.3) is 6.08 Å². The molecule has 1 aromatic carbocycles. The summed E-state index contributed by atoms with van der Waals surface area (Å²) in [7, 11) is 0. The van der Waals surface area contributed by atoms with Gasteiger partial charge in [0, 0.05) is 30.4 Å². The largest absolute Gasteiger partial charge is 0.478 e. The lowest BCUT2D eigenvalue weighted by molar-refractivity contribution is -0.385. The summed E-state index contributed by atoms with van der Waals surface area (Å²) in [4.78, 5) is 23.2. The van der Waals surface area contributed by atoms with Crippen LogP contribution in [0.2, 0.25) is 0 Å². The van der Waals surface area contributed by atoms with E-state index in [4.69, 9.17) is 5.11 Å². The van der Waals surface area contributed by atoms with Crippen molar-refractivity contribution in [1.82, 2.24) is 0 Å². The highest BCUT2D eigenvalue weighted by Gasteiger charge is 2.22. The highest BCUT2D eigenvalue weighted by Crippen LogP contribution is 2.30. The van der Waals surface area contributed by atoms with Crippen molar-refractivity contribution >= 4 is 23.4 Å². The van der Waals surface area contributed by atoms with Gasteiger partial charge in [0.15, 0.2) is 0 Å². The van der Waals surface area contributed by atoms with E-state index in [0.717, 1.165) is 31.1 Å². The average Bonchev–Trinajstić information content (AvgIpc) is 2.82. The molecule has 1 N–H and O–H groups in total. The molecule has 1 fully saturated rings. The molecule has 2 rings (SSSR count). The van der Waals surface area contributed by atoms with Crippen LogP contribution in [-0.4, -0.2) is 28.6 Å². The minimum atomic E-state index is -1.13. The maximum absolute atomic E-state index is 11.0. The third-order valence-electron chi connectivity index (χ3n) is 3.50. The summed E-state index contributed by atoms with van der Waals surface area (Å²) in [5.74, 6) is -1.13. The summed E-state index contributed by atoms with van der Waals surface area (Å²) in [5, 5.41) is 19.6. The molecule has 0 bridgehead atoms. The van der Waals surface area contributed by atoms with E-state index in [9.17, 15) is 14.9 Å². The molecule has 1 unspecified atom stereocenters. The van der Waals surface area contributed by atoms with Crippen molar-refractivity contribution in [3.8, 4) is 0 Å². The zero-order valence-corrected chi connectivity index (χ0v) is 11.2. The molecule has 1 heterocycles. The third-order valence-corrected chi connectivity index (χ3v) is 3.50. The number of nitro groups is 1. The van der Waals surface area contributed by atoms with E-state index in [0.29, 0.717) is 11.6 Å². The molecule has 0 amide bonds. The average molecular weight is 276 g/mol. The Morgan fingerprint density at radius 2 is 2.30 bits per heavy atom. The van der Waals surface area contributed by atoms with Crippen LogP contribution in [0.15, 0.2) is 24.3 Å². The standard InChI is InChI=1S/C14H16N2O4/c1-10-3-2-8-15(10)12-5-6-13(16(19)20)11(9-12)4-7-14(17)18/h4-7,9-10H,2-3,8H2,1H3,(H,17,18)/b7-4+. The lowest BCUT2D eigenvalue weighted by Gasteiger charge is -2.24. The van der Waals surface area contributed by atoms with Crippen molar-refractivity contribution in [2.45, 2.75) is 25.8 Å². The topological polar surface area (TPSA) is 83.7 Å². The normalized spacial score (nSPS) is 18.6. The quantitative estimate of drug-likeness (QED) is 0.519. The van der Waals surface area contributed by atoms with E-state index in [-0.39, 0.29) is 5.69 Å². The van der Waals surface area contributed by atoms with Crippen LogP contribution in [0, 0.1) is 10.1 Å². The van der Waals surface area contributed by atoms with Crippen LogP contribution in [-0.2, 0) is 4.79 Å². The molecule has 1 aromatic rings. The van der Waals surface area contributed by atoms with E-state index < -0.39 is 10.9 Å². The van der Waals surface area contributed by atoms with Gasteiger partial charge in [-0.25, -0.2) is 4.79 Å². The lowest BCUT2D eigenvalue weighted by Crippen LogP contribution is -2.26. The van der Waals surface area contributed by atoms with Gasteiger partial charge < -0.3 is 10.0 Å². The Bertz CT molecular complexity index is 568. The van der Waals surface area contributed by atoms with Gasteiger partial charge in [-0.3, -0.25) is 10.1 Å². The number of carbonyl (C=O) groups is 1. The Morgan fingerprint density at radius 3 is 2.85 bits per heavy atom. The van der Waals surface area contributed by atoms with E-state index in [1.165, 1.54) is 12.1 Å². The Morgan fingerprint density at radius 1 is 1.55 bits per heavy atom. The molecule has 0 aliphatic carbocycles. The number of carboxylic acid groups (broad SMARTS) is 1. The number of carboxylic acids is 1. The minimum absolute atomic E-state index is 0.0851. The first-order valence-electron chi connectivity index (χ1n) is 6.45. The molecule has 1 atom stereocenters. The maximum atomic E-state index is 11.0. The van der Waals surface area contributed by atoms with Crippen LogP contribution in [0.3, 0.4) is 0 Å². The minimum Gasteiger partial charge on any atom is -0.478 e. The molecule has 1 saturated heterocycles. The molecule has 6 heteroatoms. The van der Waals surface area contributed by atoms with Crippen molar-refractivity contribution in [2.24, 2.45) is 0 Å². The van der Waals surface area contributed by atoms with Crippen LogP contribution < -0.4 is 4.90 Å². The predicted molar refractivity (Wildman–Crippen MR) is 75.8 cm³/mol. The first-order chi connectivity index (χ1) is 9.49. The molecule has 0 aromatic heterocycles. The summed E-state index contributed by atoms with van der Waals surface area (Å²) in [6.45, 7) is 3.03. The Kier molecular flexibility index (Phi) is 4.02. The fraction of sp³-hybridized carbons (Fsp3) is 0.357. The van der Waals surface area contributed by atoms with Crippen LogP contribution in [0.1, 0.15) is 25.3 Å². The number of anilines is 1. The van der Waals surface area contributed by atoms with Gasteiger partial charge in [0.1, 0.15) is 0 Å². The number of nitrogens with zero attached hydrogens (tertiary/aromatic N) is 2. The molecule has 6 nitrogen and oxygen atoms in total. The zero-order valence-electron chi connectivity index (χ0n) is 11.2. The highest BCUT2D eigenvalue weighted by atomic mass is 16.6. The second kappa shape index (κ2) is 5.73. The second-order valence-electron chi connectivity index (χ2n) is 4.86. The summed E-state index contributed by atoms with van der Waals surface area (Å²) in [6.07, 6.45) is 4.37. The molecular weight excluding hydrogens is 260 g/mol. The number of nitro benzene ring substituents is 1. The fourth-order valence-electron chi connectivity index (χ4n) is 2.50. The number of hydrogen-bond donors (Lipinski definition) is 1. The predicted octanol–water partition coefficient (Wildman–Crippen LogP) is 2.68. The van der Waals surface area contributed by atoms with Gasteiger partial charge >= 0.3 is 5.97 Å². The molecular formula is C14H16N2O4.